The summed E-state index contributed by atoms with van der Waals surface area (Å²) in [6, 6.07) is 11.4. The Hall–Kier alpha value is -1.84. The minimum Gasteiger partial charge on any atom is -0.485 e. The van der Waals surface area contributed by atoms with Gasteiger partial charge in [-0.05, 0) is 35.9 Å². The maximum Gasteiger partial charge on any atom is 0.164 e. The zero-order chi connectivity index (χ0) is 14.8. The second-order valence-electron chi connectivity index (χ2n) is 4.48. The van der Waals surface area contributed by atoms with Crippen LogP contribution in [0.15, 0.2) is 48.7 Å². The van der Waals surface area contributed by atoms with E-state index in [1.807, 2.05) is 6.07 Å². The van der Waals surface area contributed by atoms with E-state index in [1.54, 1.807) is 30.5 Å². The van der Waals surface area contributed by atoms with Crippen molar-refractivity contribution < 1.29 is 9.13 Å². The monoisotopic (exact) mass is 321 g/mol. The predicted molar refractivity (Wildman–Crippen MR) is 82.5 cm³/mol. The first kappa shape index (κ1) is 14.1. The molecule has 106 valence electrons. The number of fused-ring (bicyclic) bond motifs is 1. The molecule has 0 aliphatic carbocycles. The van der Waals surface area contributed by atoms with Gasteiger partial charge < -0.3 is 4.74 Å². The van der Waals surface area contributed by atoms with Gasteiger partial charge in [-0.15, -0.1) is 0 Å². The molecule has 21 heavy (non-hydrogen) atoms. The van der Waals surface area contributed by atoms with E-state index in [9.17, 15) is 4.39 Å². The number of ether oxygens (including phenoxy) is 1. The van der Waals surface area contributed by atoms with Crippen molar-refractivity contribution in [3.63, 3.8) is 0 Å². The molecule has 0 radical (unpaired) electrons. The van der Waals surface area contributed by atoms with Gasteiger partial charge in [-0.25, -0.2) is 4.39 Å². The molecule has 3 rings (SSSR count). The van der Waals surface area contributed by atoms with Crippen LogP contribution in [-0.4, -0.2) is 4.98 Å². The van der Waals surface area contributed by atoms with E-state index in [1.165, 1.54) is 12.1 Å². The number of rotatable bonds is 3. The van der Waals surface area contributed by atoms with Crippen LogP contribution in [0.5, 0.6) is 5.75 Å². The summed E-state index contributed by atoms with van der Waals surface area (Å²) in [6.45, 7) is 0.271. The van der Waals surface area contributed by atoms with E-state index in [0.29, 0.717) is 21.3 Å². The molecule has 0 amide bonds. The highest BCUT2D eigenvalue weighted by atomic mass is 35.5. The van der Waals surface area contributed by atoms with Gasteiger partial charge in [-0.3, -0.25) is 4.98 Å². The van der Waals surface area contributed by atoms with Gasteiger partial charge in [0.2, 0.25) is 0 Å². The Bertz CT molecular complexity index is 790. The van der Waals surface area contributed by atoms with Gasteiger partial charge in [0, 0.05) is 11.6 Å². The van der Waals surface area contributed by atoms with Crippen LogP contribution in [0.1, 0.15) is 5.56 Å². The highest BCUT2D eigenvalue weighted by Crippen LogP contribution is 2.37. The number of benzene rings is 2. The summed E-state index contributed by atoms with van der Waals surface area (Å²) in [6.07, 6.45) is 1.65. The lowest BCUT2D eigenvalue weighted by atomic mass is 10.2. The van der Waals surface area contributed by atoms with Crippen molar-refractivity contribution in [2.75, 3.05) is 0 Å². The van der Waals surface area contributed by atoms with E-state index < -0.39 is 0 Å². The topological polar surface area (TPSA) is 22.1 Å². The van der Waals surface area contributed by atoms with Gasteiger partial charge in [0.05, 0.1) is 10.0 Å². The number of hydrogen-bond acceptors (Lipinski definition) is 2. The average molecular weight is 322 g/mol. The number of hydrogen-bond donors (Lipinski definition) is 0. The Balaban J connectivity index is 1.95. The van der Waals surface area contributed by atoms with E-state index in [0.717, 1.165) is 10.9 Å². The molecule has 1 heterocycles. The molecule has 0 saturated carbocycles. The van der Waals surface area contributed by atoms with Gasteiger partial charge in [-0.2, -0.15) is 0 Å². The summed E-state index contributed by atoms with van der Waals surface area (Å²) >= 11 is 12.3. The zero-order valence-corrected chi connectivity index (χ0v) is 12.3. The quantitative estimate of drug-likeness (QED) is 0.656. The Labute approximate surface area is 131 Å². The fourth-order valence-electron chi connectivity index (χ4n) is 2.02. The predicted octanol–water partition coefficient (Wildman–Crippen LogP) is 5.26. The molecular formula is C16H10Cl2FNO. The zero-order valence-electron chi connectivity index (χ0n) is 10.8. The summed E-state index contributed by atoms with van der Waals surface area (Å²) in [5, 5.41) is 1.70. The SMILES string of the molecule is Fc1ccc(COc2c(Cl)cc(Cl)c3cccnc23)cc1. The second kappa shape index (κ2) is 5.88. The number of halogens is 3. The van der Waals surface area contributed by atoms with Crippen LogP contribution < -0.4 is 4.74 Å². The van der Waals surface area contributed by atoms with Crippen LogP contribution in [0.25, 0.3) is 10.9 Å². The first-order valence-corrected chi connectivity index (χ1v) is 7.01. The molecule has 0 saturated heterocycles. The normalized spacial score (nSPS) is 10.8. The van der Waals surface area contributed by atoms with E-state index in [4.69, 9.17) is 27.9 Å². The van der Waals surface area contributed by atoms with E-state index >= 15 is 0 Å². The first-order chi connectivity index (χ1) is 10.1. The molecule has 0 unspecified atom stereocenters. The molecule has 0 aliphatic heterocycles. The van der Waals surface area contributed by atoms with Crippen molar-refractivity contribution in [1.82, 2.24) is 4.98 Å². The minimum atomic E-state index is -0.282. The molecule has 3 aromatic rings. The molecule has 0 bridgehead atoms. The van der Waals surface area contributed by atoms with Crippen molar-refractivity contribution in [2.24, 2.45) is 0 Å². The van der Waals surface area contributed by atoms with Crippen molar-refractivity contribution in [2.45, 2.75) is 6.61 Å². The molecular weight excluding hydrogens is 312 g/mol. The van der Waals surface area contributed by atoms with Gasteiger partial charge in [0.25, 0.3) is 0 Å². The molecule has 0 atom stereocenters. The number of pyridine rings is 1. The first-order valence-electron chi connectivity index (χ1n) is 6.25. The van der Waals surface area contributed by atoms with Gasteiger partial charge in [-0.1, -0.05) is 35.3 Å². The van der Waals surface area contributed by atoms with Crippen molar-refractivity contribution in [3.05, 3.63) is 70.1 Å². The van der Waals surface area contributed by atoms with Crippen LogP contribution in [0.2, 0.25) is 10.0 Å². The molecule has 2 nitrogen and oxygen atoms in total. The Morgan fingerprint density at radius 2 is 1.81 bits per heavy atom. The molecule has 0 aliphatic rings. The lowest BCUT2D eigenvalue weighted by Gasteiger charge is -2.11. The van der Waals surface area contributed by atoms with Crippen molar-refractivity contribution in [1.29, 1.82) is 0 Å². The maximum atomic E-state index is 12.9. The molecule has 1 aromatic heterocycles. The summed E-state index contributed by atoms with van der Waals surface area (Å²) in [4.78, 5) is 4.28. The molecule has 5 heteroatoms. The lowest BCUT2D eigenvalue weighted by Crippen LogP contribution is -1.98. The fraction of sp³-hybridized carbons (Fsp3) is 0.0625. The lowest BCUT2D eigenvalue weighted by molar-refractivity contribution is 0.309. The summed E-state index contributed by atoms with van der Waals surface area (Å²) < 4.78 is 18.6. The van der Waals surface area contributed by atoms with Gasteiger partial charge >= 0.3 is 0 Å². The van der Waals surface area contributed by atoms with Gasteiger partial charge in [0.1, 0.15) is 17.9 Å². The fourth-order valence-corrected chi connectivity index (χ4v) is 2.59. The van der Waals surface area contributed by atoms with Gasteiger partial charge in [0.15, 0.2) is 5.75 Å². The maximum absolute atomic E-state index is 12.9. The van der Waals surface area contributed by atoms with Crippen LogP contribution in [-0.2, 0) is 6.61 Å². The molecule has 0 N–H and O–H groups in total. The Morgan fingerprint density at radius 3 is 2.57 bits per heavy atom. The molecule has 0 fully saturated rings. The highest BCUT2D eigenvalue weighted by Gasteiger charge is 2.12. The Morgan fingerprint density at radius 1 is 1.05 bits per heavy atom. The van der Waals surface area contributed by atoms with E-state index in [-0.39, 0.29) is 12.4 Å². The molecule has 2 aromatic carbocycles. The van der Waals surface area contributed by atoms with Crippen LogP contribution in [0.3, 0.4) is 0 Å². The van der Waals surface area contributed by atoms with Crippen LogP contribution >= 0.6 is 23.2 Å². The Kier molecular flexibility index (Phi) is 3.95. The van der Waals surface area contributed by atoms with Crippen LogP contribution in [0, 0.1) is 5.82 Å². The van der Waals surface area contributed by atoms with Crippen molar-refractivity contribution >= 4 is 34.1 Å². The minimum absolute atomic E-state index is 0.271. The third-order valence-corrected chi connectivity index (χ3v) is 3.64. The summed E-state index contributed by atoms with van der Waals surface area (Å²) in [7, 11) is 0. The smallest absolute Gasteiger partial charge is 0.164 e. The third-order valence-electron chi connectivity index (χ3n) is 3.05. The van der Waals surface area contributed by atoms with Crippen LogP contribution in [0.4, 0.5) is 4.39 Å². The number of nitrogens with zero attached hydrogens (tertiary/aromatic N) is 1. The van der Waals surface area contributed by atoms with Crippen molar-refractivity contribution in [3.8, 4) is 5.75 Å². The summed E-state index contributed by atoms with van der Waals surface area (Å²) in [5.74, 6) is 0.191. The summed E-state index contributed by atoms with van der Waals surface area (Å²) in [5.41, 5.74) is 1.45. The largest absolute Gasteiger partial charge is 0.485 e. The standard InChI is InChI=1S/C16H10Cl2FNO/c17-13-8-14(18)16(15-12(13)2-1-7-20-15)21-9-10-3-5-11(19)6-4-10/h1-8H,9H2. The van der Waals surface area contributed by atoms with E-state index in [2.05, 4.69) is 4.98 Å². The third kappa shape index (κ3) is 2.94. The average Bonchev–Trinajstić information content (AvgIpc) is 2.49. The molecule has 0 spiro atoms. The number of aromatic nitrogens is 1. The highest BCUT2D eigenvalue weighted by molar-refractivity contribution is 6.39. The second-order valence-corrected chi connectivity index (χ2v) is 5.30.